The normalized spacial score (nSPS) is 22.5. The Kier molecular flexibility index (Phi) is 3.29. The number of aromatic nitrogens is 3. The molecule has 0 aliphatic carbocycles. The molecule has 1 fully saturated rings. The summed E-state index contributed by atoms with van der Waals surface area (Å²) in [6.45, 7) is 4.41. The van der Waals surface area contributed by atoms with Crippen LogP contribution in [-0.4, -0.2) is 44.4 Å². The van der Waals surface area contributed by atoms with Crippen molar-refractivity contribution in [3.8, 4) is 0 Å². The van der Waals surface area contributed by atoms with Crippen LogP contribution in [-0.2, 0) is 5.60 Å². The molecule has 0 bridgehead atoms. The Morgan fingerprint density at radius 1 is 1.52 bits per heavy atom. The van der Waals surface area contributed by atoms with E-state index in [1.165, 1.54) is 6.20 Å². The van der Waals surface area contributed by atoms with Crippen LogP contribution in [0, 0.1) is 13.8 Å². The minimum absolute atomic E-state index is 0.119. The second kappa shape index (κ2) is 5.00. The Bertz CT molecular complexity index is 649. The molecule has 112 valence electrons. The van der Waals surface area contributed by atoms with Crippen molar-refractivity contribution in [1.29, 1.82) is 0 Å². The molecule has 2 aromatic heterocycles. The van der Waals surface area contributed by atoms with Gasteiger partial charge in [-0.3, -0.25) is 4.79 Å². The van der Waals surface area contributed by atoms with Crippen LogP contribution in [0.25, 0.3) is 0 Å². The summed E-state index contributed by atoms with van der Waals surface area (Å²) in [7, 11) is 0. The Labute approximate surface area is 121 Å². The number of amides is 1. The number of β-amino-alcohol motifs (C(OH)–C–C–N with tert-alkyl or cyclic N) is 1. The van der Waals surface area contributed by atoms with E-state index in [9.17, 15) is 9.90 Å². The number of nitrogens with zero attached hydrogens (tertiary/aromatic N) is 3. The molecule has 1 saturated heterocycles. The van der Waals surface area contributed by atoms with E-state index in [1.54, 1.807) is 17.9 Å². The summed E-state index contributed by atoms with van der Waals surface area (Å²) in [6, 6.07) is 1.74. The number of rotatable bonds is 2. The first-order chi connectivity index (χ1) is 9.99. The number of nitrogens with one attached hydrogen (secondary N) is 1. The fourth-order valence-electron chi connectivity index (χ4n) is 2.86. The lowest BCUT2D eigenvalue weighted by Crippen LogP contribution is -2.48. The van der Waals surface area contributed by atoms with Crippen LogP contribution in [0.2, 0.25) is 0 Å². The van der Waals surface area contributed by atoms with E-state index >= 15 is 0 Å². The molecule has 1 atom stereocenters. The van der Waals surface area contributed by atoms with Gasteiger partial charge < -0.3 is 14.4 Å². The number of piperidine rings is 1. The highest BCUT2D eigenvalue weighted by Crippen LogP contribution is 2.31. The molecule has 3 rings (SSSR count). The fraction of sp³-hybridized carbons (Fsp3) is 0.500. The summed E-state index contributed by atoms with van der Waals surface area (Å²) in [6.07, 6.45) is 2.78. The highest BCUT2D eigenvalue weighted by atomic mass is 16.3. The van der Waals surface area contributed by atoms with E-state index in [1.807, 2.05) is 6.92 Å². The van der Waals surface area contributed by atoms with Crippen molar-refractivity contribution < 1.29 is 14.3 Å². The largest absolute Gasteiger partial charge is 0.466 e. The summed E-state index contributed by atoms with van der Waals surface area (Å²) in [5, 5.41) is 20.9. The van der Waals surface area contributed by atoms with Gasteiger partial charge in [-0.15, -0.1) is 0 Å². The summed E-state index contributed by atoms with van der Waals surface area (Å²) in [5.74, 6) is 1.19. The van der Waals surface area contributed by atoms with Crippen LogP contribution in [0.1, 0.15) is 40.4 Å². The maximum atomic E-state index is 12.6. The van der Waals surface area contributed by atoms with Gasteiger partial charge in [0.15, 0.2) is 0 Å². The summed E-state index contributed by atoms with van der Waals surface area (Å²) in [5.41, 5.74) is -0.120. The van der Waals surface area contributed by atoms with E-state index < -0.39 is 5.60 Å². The monoisotopic (exact) mass is 290 g/mol. The number of furan rings is 1. The summed E-state index contributed by atoms with van der Waals surface area (Å²) < 4.78 is 5.41. The summed E-state index contributed by atoms with van der Waals surface area (Å²) in [4.78, 5) is 14.3. The molecular formula is C14H18N4O3. The molecule has 0 aromatic carbocycles. The molecule has 0 saturated carbocycles. The quantitative estimate of drug-likeness (QED) is 0.864. The number of hydrogen-bond donors (Lipinski definition) is 2. The van der Waals surface area contributed by atoms with Crippen molar-refractivity contribution in [2.24, 2.45) is 0 Å². The van der Waals surface area contributed by atoms with Gasteiger partial charge >= 0.3 is 0 Å². The molecule has 2 aromatic rings. The van der Waals surface area contributed by atoms with Crippen molar-refractivity contribution in [2.45, 2.75) is 32.3 Å². The molecule has 0 spiro atoms. The Balaban J connectivity index is 1.83. The van der Waals surface area contributed by atoms with Crippen LogP contribution in [0.15, 0.2) is 16.7 Å². The molecule has 1 amide bonds. The molecule has 1 aliphatic heterocycles. The number of hydrogen-bond acceptors (Lipinski definition) is 5. The lowest BCUT2D eigenvalue weighted by atomic mass is 9.89. The van der Waals surface area contributed by atoms with Crippen LogP contribution in [0.3, 0.4) is 0 Å². The molecular weight excluding hydrogens is 272 g/mol. The molecule has 2 N–H and O–H groups in total. The van der Waals surface area contributed by atoms with Gasteiger partial charge in [-0.1, -0.05) is 0 Å². The van der Waals surface area contributed by atoms with Crippen molar-refractivity contribution >= 4 is 5.91 Å². The maximum Gasteiger partial charge on any atom is 0.257 e. The average Bonchev–Trinajstić information content (AvgIpc) is 3.08. The number of H-pyrrole nitrogens is 1. The van der Waals surface area contributed by atoms with Crippen molar-refractivity contribution in [2.75, 3.05) is 13.1 Å². The van der Waals surface area contributed by atoms with Crippen molar-refractivity contribution in [3.05, 3.63) is 35.0 Å². The molecule has 1 aliphatic rings. The minimum atomic E-state index is -1.15. The van der Waals surface area contributed by atoms with E-state index in [0.717, 1.165) is 0 Å². The number of likely N-dealkylation sites (tertiary alicyclic amines) is 1. The lowest BCUT2D eigenvalue weighted by Gasteiger charge is -2.37. The zero-order valence-corrected chi connectivity index (χ0v) is 12.1. The lowest BCUT2D eigenvalue weighted by molar-refractivity contribution is -0.0320. The molecule has 0 radical (unpaired) electrons. The van der Waals surface area contributed by atoms with E-state index in [2.05, 4.69) is 15.4 Å². The van der Waals surface area contributed by atoms with Crippen LogP contribution < -0.4 is 0 Å². The van der Waals surface area contributed by atoms with E-state index in [4.69, 9.17) is 4.42 Å². The number of carbonyl (C=O) groups is 1. The van der Waals surface area contributed by atoms with Gasteiger partial charge in [0, 0.05) is 6.54 Å². The first-order valence-electron chi connectivity index (χ1n) is 6.94. The molecule has 3 heterocycles. The van der Waals surface area contributed by atoms with Gasteiger partial charge in [-0.2, -0.15) is 15.4 Å². The predicted molar refractivity (Wildman–Crippen MR) is 73.6 cm³/mol. The maximum absolute atomic E-state index is 12.6. The molecule has 7 heteroatoms. The number of aromatic amines is 1. The van der Waals surface area contributed by atoms with Gasteiger partial charge in [0.2, 0.25) is 0 Å². The fourth-order valence-corrected chi connectivity index (χ4v) is 2.86. The van der Waals surface area contributed by atoms with Crippen molar-refractivity contribution in [3.63, 3.8) is 0 Å². The van der Waals surface area contributed by atoms with E-state index in [0.29, 0.717) is 42.2 Å². The SMILES string of the molecule is Cc1cc(C(=O)N2CCC[C@@](O)(c3cn[nH]n3)C2)c(C)o1. The van der Waals surface area contributed by atoms with E-state index in [-0.39, 0.29) is 12.5 Å². The molecule has 21 heavy (non-hydrogen) atoms. The zero-order valence-electron chi connectivity index (χ0n) is 12.1. The molecule has 0 unspecified atom stereocenters. The van der Waals surface area contributed by atoms with Crippen molar-refractivity contribution in [1.82, 2.24) is 20.3 Å². The Morgan fingerprint density at radius 2 is 2.33 bits per heavy atom. The number of aryl methyl sites for hydroxylation is 2. The predicted octanol–water partition coefficient (Wildman–Crippen LogP) is 1.14. The zero-order chi connectivity index (χ0) is 15.0. The Morgan fingerprint density at radius 3 is 2.95 bits per heavy atom. The molecule has 7 nitrogen and oxygen atoms in total. The topological polar surface area (TPSA) is 95.2 Å². The second-order valence-electron chi connectivity index (χ2n) is 5.54. The van der Waals surface area contributed by atoms with Gasteiger partial charge in [0.1, 0.15) is 22.8 Å². The highest BCUT2D eigenvalue weighted by Gasteiger charge is 2.39. The third-order valence-electron chi connectivity index (χ3n) is 3.92. The van der Waals surface area contributed by atoms with Gasteiger partial charge in [0.25, 0.3) is 5.91 Å². The summed E-state index contributed by atoms with van der Waals surface area (Å²) >= 11 is 0. The minimum Gasteiger partial charge on any atom is -0.466 e. The van der Waals surface area contributed by atoms with Gasteiger partial charge in [0.05, 0.1) is 18.3 Å². The smallest absolute Gasteiger partial charge is 0.257 e. The number of aliphatic hydroxyl groups is 1. The van der Waals surface area contributed by atoms with Gasteiger partial charge in [-0.25, -0.2) is 0 Å². The Hall–Kier alpha value is -2.15. The standard InChI is InChI=1S/C14H18N4O3/c1-9-6-11(10(2)21-9)13(19)18-5-3-4-14(20,8-18)12-7-15-17-16-12/h6-7,20H,3-5,8H2,1-2H3,(H,15,16,17)/t14-/m0/s1. The third kappa shape index (κ3) is 2.44. The van der Waals surface area contributed by atoms with Crippen LogP contribution in [0.4, 0.5) is 0 Å². The third-order valence-corrected chi connectivity index (χ3v) is 3.92. The average molecular weight is 290 g/mol. The van der Waals surface area contributed by atoms with Crippen LogP contribution in [0.5, 0.6) is 0 Å². The number of carbonyl (C=O) groups excluding carboxylic acids is 1. The van der Waals surface area contributed by atoms with Crippen LogP contribution >= 0.6 is 0 Å². The highest BCUT2D eigenvalue weighted by molar-refractivity contribution is 5.95. The second-order valence-corrected chi connectivity index (χ2v) is 5.54. The first-order valence-corrected chi connectivity index (χ1v) is 6.94. The first kappa shape index (κ1) is 13.8. The van der Waals surface area contributed by atoms with Gasteiger partial charge in [-0.05, 0) is 32.8 Å².